The molecule has 1 fully saturated rings. The van der Waals surface area contributed by atoms with Crippen molar-refractivity contribution in [3.05, 3.63) is 18.4 Å². The lowest BCUT2D eigenvalue weighted by Crippen LogP contribution is -2.24. The molecule has 0 radical (unpaired) electrons. The molecule has 76 valence electrons. The number of carboxylic acid groups (broad SMARTS) is 1. The summed E-state index contributed by atoms with van der Waals surface area (Å²) < 4.78 is 5.06. The summed E-state index contributed by atoms with van der Waals surface area (Å²) in [6, 6.07) is 0. The van der Waals surface area contributed by atoms with Crippen molar-refractivity contribution in [3.63, 3.8) is 0 Å². The van der Waals surface area contributed by atoms with Crippen molar-refractivity contribution < 1.29 is 14.3 Å². The second kappa shape index (κ2) is 3.12. The zero-order valence-corrected chi connectivity index (χ0v) is 8.06. The van der Waals surface area contributed by atoms with Crippen molar-refractivity contribution in [3.8, 4) is 0 Å². The molecule has 14 heavy (non-hydrogen) atoms. The van der Waals surface area contributed by atoms with Gasteiger partial charge in [-0.25, -0.2) is 4.98 Å². The molecule has 1 N–H and O–H groups in total. The van der Waals surface area contributed by atoms with Crippen LogP contribution in [-0.2, 0) is 11.2 Å². The molecule has 0 bridgehead atoms. The molecular weight excluding hydrogens is 182 g/mol. The lowest BCUT2D eigenvalue weighted by Gasteiger charge is -2.17. The average Bonchev–Trinajstić information content (AvgIpc) is 2.68. The van der Waals surface area contributed by atoms with Crippen molar-refractivity contribution in [2.45, 2.75) is 26.2 Å². The van der Waals surface area contributed by atoms with Crippen LogP contribution < -0.4 is 0 Å². The maximum absolute atomic E-state index is 11.1. The Hall–Kier alpha value is -1.32. The number of carbonyl (C=O) groups is 1. The molecule has 1 unspecified atom stereocenters. The number of nitrogens with zero attached hydrogens (tertiary/aromatic N) is 1. The van der Waals surface area contributed by atoms with Crippen LogP contribution in [0.25, 0.3) is 0 Å². The van der Waals surface area contributed by atoms with Crippen LogP contribution in [0.2, 0.25) is 0 Å². The number of aromatic nitrogens is 1. The first kappa shape index (κ1) is 9.24. The molecule has 1 heterocycles. The summed E-state index contributed by atoms with van der Waals surface area (Å²) in [6.45, 7) is 2.02. The highest BCUT2D eigenvalue weighted by molar-refractivity contribution is 5.72. The van der Waals surface area contributed by atoms with Crippen molar-refractivity contribution >= 4 is 5.97 Å². The van der Waals surface area contributed by atoms with Crippen LogP contribution in [0.3, 0.4) is 0 Å². The SMILES string of the molecule is CC1(C(Cc2cnco2)C(=O)O)CC1. The number of hydrogen-bond acceptors (Lipinski definition) is 3. The second-order valence-corrected chi connectivity index (χ2v) is 4.22. The van der Waals surface area contributed by atoms with E-state index in [9.17, 15) is 4.79 Å². The highest BCUT2D eigenvalue weighted by atomic mass is 16.4. The lowest BCUT2D eigenvalue weighted by atomic mass is 9.87. The molecule has 1 atom stereocenters. The largest absolute Gasteiger partial charge is 0.481 e. The molecule has 1 saturated carbocycles. The predicted octanol–water partition coefficient (Wildman–Crippen LogP) is 1.72. The molecule has 0 aliphatic heterocycles. The maximum Gasteiger partial charge on any atom is 0.307 e. The molecule has 1 aromatic heterocycles. The first-order valence-electron chi connectivity index (χ1n) is 4.72. The molecular formula is C10H13NO3. The molecule has 1 aromatic rings. The maximum atomic E-state index is 11.1. The summed E-state index contributed by atoms with van der Waals surface area (Å²) >= 11 is 0. The van der Waals surface area contributed by atoms with E-state index in [-0.39, 0.29) is 11.3 Å². The van der Waals surface area contributed by atoms with Crippen molar-refractivity contribution in [1.29, 1.82) is 0 Å². The Bertz CT molecular complexity index is 327. The van der Waals surface area contributed by atoms with Crippen LogP contribution in [0.5, 0.6) is 0 Å². The van der Waals surface area contributed by atoms with Gasteiger partial charge in [-0.3, -0.25) is 4.79 Å². The van der Waals surface area contributed by atoms with Crippen LogP contribution >= 0.6 is 0 Å². The zero-order valence-electron chi connectivity index (χ0n) is 8.06. The molecule has 0 amide bonds. The van der Waals surface area contributed by atoms with E-state index in [0.717, 1.165) is 12.8 Å². The summed E-state index contributed by atoms with van der Waals surface area (Å²) in [6.07, 6.45) is 5.37. The highest BCUT2D eigenvalue weighted by Gasteiger charge is 2.48. The van der Waals surface area contributed by atoms with Crippen LogP contribution in [-0.4, -0.2) is 16.1 Å². The molecule has 0 saturated heterocycles. The van der Waals surface area contributed by atoms with E-state index in [1.54, 1.807) is 6.20 Å². The molecule has 4 heteroatoms. The third kappa shape index (κ3) is 1.64. The van der Waals surface area contributed by atoms with E-state index < -0.39 is 5.97 Å². The Kier molecular flexibility index (Phi) is 2.06. The number of aliphatic carboxylic acids is 1. The van der Waals surface area contributed by atoms with Gasteiger partial charge in [-0.2, -0.15) is 0 Å². The van der Waals surface area contributed by atoms with Gasteiger partial charge in [0.25, 0.3) is 0 Å². The standard InChI is InChI=1S/C10H13NO3/c1-10(2-3-10)8(9(12)13)4-7-5-11-6-14-7/h5-6,8H,2-4H2,1H3,(H,12,13). The molecule has 4 nitrogen and oxygen atoms in total. The van der Waals surface area contributed by atoms with Gasteiger partial charge in [-0.1, -0.05) is 6.92 Å². The van der Waals surface area contributed by atoms with Gasteiger partial charge in [0.15, 0.2) is 6.39 Å². The molecule has 1 aliphatic carbocycles. The van der Waals surface area contributed by atoms with E-state index in [0.29, 0.717) is 12.2 Å². The summed E-state index contributed by atoms with van der Waals surface area (Å²) in [5.74, 6) is -0.414. The van der Waals surface area contributed by atoms with Crippen molar-refractivity contribution in [2.75, 3.05) is 0 Å². The summed E-state index contributed by atoms with van der Waals surface area (Å²) in [5, 5.41) is 9.09. The third-order valence-electron chi connectivity index (χ3n) is 3.07. The fraction of sp³-hybridized carbons (Fsp3) is 0.600. The van der Waals surface area contributed by atoms with Crippen LogP contribution in [0.4, 0.5) is 0 Å². The van der Waals surface area contributed by atoms with Gasteiger partial charge in [0.1, 0.15) is 5.76 Å². The summed E-state index contributed by atoms with van der Waals surface area (Å²) in [7, 11) is 0. The third-order valence-corrected chi connectivity index (χ3v) is 3.07. The fourth-order valence-electron chi connectivity index (χ4n) is 1.72. The van der Waals surface area contributed by atoms with Gasteiger partial charge < -0.3 is 9.52 Å². The van der Waals surface area contributed by atoms with Crippen LogP contribution in [0.15, 0.2) is 17.0 Å². The van der Waals surface area contributed by atoms with Crippen LogP contribution in [0, 0.1) is 11.3 Å². The Labute approximate surface area is 81.9 Å². The van der Waals surface area contributed by atoms with E-state index in [1.165, 1.54) is 6.39 Å². The quantitative estimate of drug-likeness (QED) is 0.794. The predicted molar refractivity (Wildman–Crippen MR) is 48.7 cm³/mol. The van der Waals surface area contributed by atoms with Gasteiger partial charge in [0.05, 0.1) is 12.1 Å². The Balaban J connectivity index is 2.09. The smallest absolute Gasteiger partial charge is 0.307 e. The summed E-state index contributed by atoms with van der Waals surface area (Å²) in [5.41, 5.74) is -0.0291. The molecule has 2 rings (SSSR count). The minimum Gasteiger partial charge on any atom is -0.481 e. The van der Waals surface area contributed by atoms with E-state index in [1.807, 2.05) is 6.92 Å². The first-order chi connectivity index (χ1) is 6.62. The van der Waals surface area contributed by atoms with Gasteiger partial charge in [-0.05, 0) is 18.3 Å². The van der Waals surface area contributed by atoms with E-state index in [2.05, 4.69) is 4.98 Å². The van der Waals surface area contributed by atoms with Gasteiger partial charge >= 0.3 is 5.97 Å². The number of rotatable bonds is 4. The number of hydrogen-bond donors (Lipinski definition) is 1. The summed E-state index contributed by atoms with van der Waals surface area (Å²) in [4.78, 5) is 14.8. The van der Waals surface area contributed by atoms with Crippen molar-refractivity contribution in [2.24, 2.45) is 11.3 Å². The Morgan fingerprint density at radius 1 is 1.79 bits per heavy atom. The topological polar surface area (TPSA) is 63.3 Å². The van der Waals surface area contributed by atoms with E-state index >= 15 is 0 Å². The Morgan fingerprint density at radius 2 is 2.50 bits per heavy atom. The molecule has 0 spiro atoms. The minimum absolute atomic E-state index is 0.0291. The van der Waals surface area contributed by atoms with Gasteiger partial charge in [0, 0.05) is 6.42 Å². The molecule has 0 aromatic carbocycles. The highest BCUT2D eigenvalue weighted by Crippen LogP contribution is 2.52. The monoisotopic (exact) mass is 195 g/mol. The minimum atomic E-state index is -0.735. The molecule has 1 aliphatic rings. The van der Waals surface area contributed by atoms with Crippen molar-refractivity contribution in [1.82, 2.24) is 4.98 Å². The average molecular weight is 195 g/mol. The normalized spacial score (nSPS) is 20.4. The zero-order chi connectivity index (χ0) is 10.2. The Morgan fingerprint density at radius 3 is 2.93 bits per heavy atom. The number of oxazole rings is 1. The van der Waals surface area contributed by atoms with Crippen LogP contribution in [0.1, 0.15) is 25.5 Å². The van der Waals surface area contributed by atoms with Gasteiger partial charge in [-0.15, -0.1) is 0 Å². The van der Waals surface area contributed by atoms with Gasteiger partial charge in [0.2, 0.25) is 0 Å². The fourth-order valence-corrected chi connectivity index (χ4v) is 1.72. The van der Waals surface area contributed by atoms with E-state index in [4.69, 9.17) is 9.52 Å². The first-order valence-corrected chi connectivity index (χ1v) is 4.72. The number of carboxylic acids is 1. The second-order valence-electron chi connectivity index (χ2n) is 4.22. The lowest BCUT2D eigenvalue weighted by molar-refractivity contribution is -0.144.